The van der Waals surface area contributed by atoms with Crippen LogP contribution in [0.15, 0.2) is 18.3 Å². The van der Waals surface area contributed by atoms with E-state index in [0.29, 0.717) is 0 Å². The predicted molar refractivity (Wildman–Crippen MR) is 66.2 cm³/mol. The zero-order valence-electron chi connectivity index (χ0n) is 10.3. The third kappa shape index (κ3) is 5.24. The lowest BCUT2D eigenvalue weighted by Gasteiger charge is -2.16. The van der Waals surface area contributed by atoms with E-state index in [-0.39, 0.29) is 18.5 Å². The first-order valence-electron chi connectivity index (χ1n) is 6.23. The summed E-state index contributed by atoms with van der Waals surface area (Å²) in [7, 11) is 0. The van der Waals surface area contributed by atoms with Gasteiger partial charge in [-0.05, 0) is 44.4 Å². The number of hydrogen-bond donors (Lipinski definition) is 2. The van der Waals surface area contributed by atoms with Crippen molar-refractivity contribution in [1.29, 1.82) is 0 Å². The molecule has 0 amide bonds. The summed E-state index contributed by atoms with van der Waals surface area (Å²) < 4.78 is 12.7. The lowest BCUT2D eigenvalue weighted by atomic mass is 10.1. The van der Waals surface area contributed by atoms with Crippen molar-refractivity contribution in [3.05, 3.63) is 29.8 Å². The van der Waals surface area contributed by atoms with E-state index >= 15 is 0 Å². The fraction of sp³-hybridized carbons (Fsp3) is 0.615. The van der Waals surface area contributed by atoms with E-state index in [0.717, 1.165) is 37.9 Å². The highest BCUT2D eigenvalue weighted by Crippen LogP contribution is 2.14. The highest BCUT2D eigenvalue weighted by molar-refractivity contribution is 5.09. The summed E-state index contributed by atoms with van der Waals surface area (Å²) in [6.45, 7) is 3.24. The van der Waals surface area contributed by atoms with Gasteiger partial charge in [0.1, 0.15) is 5.82 Å². The number of pyridine rings is 1. The molecule has 0 aromatic carbocycles. The first-order chi connectivity index (χ1) is 8.27. The van der Waals surface area contributed by atoms with Crippen LogP contribution in [0.1, 0.15) is 44.3 Å². The molecular formula is C13H21FN2O. The molecule has 4 heteroatoms. The average molecular weight is 240 g/mol. The fourth-order valence-corrected chi connectivity index (χ4v) is 1.74. The minimum absolute atomic E-state index is 0.185. The molecule has 0 aliphatic carbocycles. The summed E-state index contributed by atoms with van der Waals surface area (Å²) in [6.07, 6.45) is 5.10. The molecule has 0 spiro atoms. The van der Waals surface area contributed by atoms with Crippen molar-refractivity contribution in [3.63, 3.8) is 0 Å². The molecule has 1 heterocycles. The first kappa shape index (κ1) is 14.1. The number of nitrogens with zero attached hydrogens (tertiary/aromatic N) is 1. The number of aliphatic hydroxyl groups is 1. The van der Waals surface area contributed by atoms with E-state index in [4.69, 9.17) is 5.11 Å². The standard InChI is InChI=1S/C13H21FN2O/c1-2-12(15-8-4-3-5-9-17)13-7-6-11(14)10-16-13/h6-7,10,12,15,17H,2-5,8-9H2,1H3. The molecule has 1 unspecified atom stereocenters. The van der Waals surface area contributed by atoms with Gasteiger partial charge in [-0.1, -0.05) is 6.92 Å². The second-order valence-corrected chi connectivity index (χ2v) is 4.10. The summed E-state index contributed by atoms with van der Waals surface area (Å²) >= 11 is 0. The summed E-state index contributed by atoms with van der Waals surface area (Å²) in [4.78, 5) is 4.09. The molecular weight excluding hydrogens is 219 g/mol. The van der Waals surface area contributed by atoms with E-state index in [1.165, 1.54) is 12.3 Å². The van der Waals surface area contributed by atoms with Crippen molar-refractivity contribution >= 4 is 0 Å². The van der Waals surface area contributed by atoms with Gasteiger partial charge in [0.2, 0.25) is 0 Å². The minimum Gasteiger partial charge on any atom is -0.396 e. The Morgan fingerprint density at radius 1 is 1.35 bits per heavy atom. The normalized spacial score (nSPS) is 12.6. The smallest absolute Gasteiger partial charge is 0.141 e. The summed E-state index contributed by atoms with van der Waals surface area (Å²) in [5, 5.41) is 12.1. The van der Waals surface area contributed by atoms with Gasteiger partial charge in [-0.15, -0.1) is 0 Å². The van der Waals surface area contributed by atoms with Gasteiger partial charge in [-0.2, -0.15) is 0 Å². The van der Waals surface area contributed by atoms with E-state index in [2.05, 4.69) is 17.2 Å². The molecule has 0 saturated heterocycles. The molecule has 1 aromatic rings. The third-order valence-electron chi connectivity index (χ3n) is 2.74. The van der Waals surface area contributed by atoms with Crippen molar-refractivity contribution in [2.24, 2.45) is 0 Å². The summed E-state index contributed by atoms with van der Waals surface area (Å²) in [6, 6.07) is 3.35. The van der Waals surface area contributed by atoms with Crippen molar-refractivity contribution in [2.75, 3.05) is 13.2 Å². The van der Waals surface area contributed by atoms with Crippen LogP contribution >= 0.6 is 0 Å². The Hall–Kier alpha value is -1.00. The zero-order chi connectivity index (χ0) is 12.5. The Labute approximate surface area is 102 Å². The van der Waals surface area contributed by atoms with Gasteiger partial charge in [-0.3, -0.25) is 4.98 Å². The van der Waals surface area contributed by atoms with Gasteiger partial charge >= 0.3 is 0 Å². The maximum absolute atomic E-state index is 12.7. The molecule has 2 N–H and O–H groups in total. The third-order valence-corrected chi connectivity index (χ3v) is 2.74. The average Bonchev–Trinajstić information content (AvgIpc) is 2.35. The van der Waals surface area contributed by atoms with Gasteiger partial charge < -0.3 is 10.4 Å². The van der Waals surface area contributed by atoms with Crippen molar-refractivity contribution < 1.29 is 9.50 Å². The van der Waals surface area contributed by atoms with E-state index in [1.54, 1.807) is 6.07 Å². The molecule has 0 aliphatic heterocycles. The largest absolute Gasteiger partial charge is 0.396 e. The van der Waals surface area contributed by atoms with Crippen molar-refractivity contribution in [1.82, 2.24) is 10.3 Å². The second-order valence-electron chi connectivity index (χ2n) is 4.10. The monoisotopic (exact) mass is 240 g/mol. The van der Waals surface area contributed by atoms with Crippen LogP contribution < -0.4 is 5.32 Å². The van der Waals surface area contributed by atoms with Crippen LogP contribution in [-0.4, -0.2) is 23.2 Å². The second kappa shape index (κ2) is 8.14. The Kier molecular flexibility index (Phi) is 6.74. The van der Waals surface area contributed by atoms with Crippen LogP contribution in [-0.2, 0) is 0 Å². The van der Waals surface area contributed by atoms with E-state index in [1.807, 2.05) is 0 Å². The molecule has 0 radical (unpaired) electrons. The molecule has 96 valence electrons. The number of aromatic nitrogens is 1. The number of hydrogen-bond acceptors (Lipinski definition) is 3. The fourth-order valence-electron chi connectivity index (χ4n) is 1.74. The van der Waals surface area contributed by atoms with Gasteiger partial charge in [0.05, 0.1) is 11.9 Å². The van der Waals surface area contributed by atoms with Crippen LogP contribution in [0.5, 0.6) is 0 Å². The van der Waals surface area contributed by atoms with Gasteiger partial charge in [0.15, 0.2) is 0 Å². The number of rotatable bonds is 8. The highest BCUT2D eigenvalue weighted by Gasteiger charge is 2.09. The Morgan fingerprint density at radius 2 is 2.18 bits per heavy atom. The lowest BCUT2D eigenvalue weighted by Crippen LogP contribution is -2.22. The molecule has 0 saturated carbocycles. The molecule has 1 rings (SSSR count). The van der Waals surface area contributed by atoms with Crippen LogP contribution in [0.25, 0.3) is 0 Å². The molecule has 0 aliphatic rings. The number of nitrogens with one attached hydrogen (secondary N) is 1. The van der Waals surface area contributed by atoms with Gasteiger partial charge in [-0.25, -0.2) is 4.39 Å². The quantitative estimate of drug-likeness (QED) is 0.686. The minimum atomic E-state index is -0.299. The van der Waals surface area contributed by atoms with Crippen molar-refractivity contribution in [3.8, 4) is 0 Å². The number of unbranched alkanes of at least 4 members (excludes halogenated alkanes) is 2. The summed E-state index contributed by atoms with van der Waals surface area (Å²) in [5.41, 5.74) is 0.885. The first-order valence-corrected chi connectivity index (χ1v) is 6.23. The van der Waals surface area contributed by atoms with Crippen LogP contribution in [0.2, 0.25) is 0 Å². The molecule has 1 aromatic heterocycles. The summed E-state index contributed by atoms with van der Waals surface area (Å²) in [5.74, 6) is -0.299. The van der Waals surface area contributed by atoms with Gasteiger partial charge in [0, 0.05) is 12.6 Å². The number of halogens is 1. The molecule has 0 fully saturated rings. The van der Waals surface area contributed by atoms with Crippen LogP contribution in [0.4, 0.5) is 4.39 Å². The van der Waals surface area contributed by atoms with Crippen molar-refractivity contribution in [2.45, 2.75) is 38.6 Å². The van der Waals surface area contributed by atoms with E-state index in [9.17, 15) is 4.39 Å². The Balaban J connectivity index is 2.35. The molecule has 0 bridgehead atoms. The highest BCUT2D eigenvalue weighted by atomic mass is 19.1. The van der Waals surface area contributed by atoms with E-state index < -0.39 is 0 Å². The zero-order valence-corrected chi connectivity index (χ0v) is 10.3. The molecule has 3 nitrogen and oxygen atoms in total. The maximum Gasteiger partial charge on any atom is 0.141 e. The van der Waals surface area contributed by atoms with Crippen LogP contribution in [0, 0.1) is 5.82 Å². The Bertz CT molecular complexity index is 303. The predicted octanol–water partition coefficient (Wildman–Crippen LogP) is 2.42. The SMILES string of the molecule is CCC(NCCCCCO)c1ccc(F)cn1. The van der Waals surface area contributed by atoms with Crippen LogP contribution in [0.3, 0.4) is 0 Å². The molecule has 17 heavy (non-hydrogen) atoms. The lowest BCUT2D eigenvalue weighted by molar-refractivity contribution is 0.282. The Morgan fingerprint density at radius 3 is 2.76 bits per heavy atom. The number of aliphatic hydroxyl groups excluding tert-OH is 1. The van der Waals surface area contributed by atoms with Gasteiger partial charge in [0.25, 0.3) is 0 Å². The molecule has 1 atom stereocenters. The maximum atomic E-state index is 12.7. The topological polar surface area (TPSA) is 45.1 Å².